The number of anilines is 1. The molecule has 0 radical (unpaired) electrons. The molecule has 0 aromatic carbocycles. The molecule has 78 valence electrons. The first-order valence-electron chi connectivity index (χ1n) is 4.57. The number of nitrogens with one attached hydrogen (secondary N) is 1. The third kappa shape index (κ3) is 2.27. The number of nitrogens with zero attached hydrogens (tertiary/aromatic N) is 4. The third-order valence-corrected chi connectivity index (χ3v) is 2.65. The van der Waals surface area contributed by atoms with Gasteiger partial charge in [0.05, 0.1) is 17.4 Å². The fraction of sp³-hybridized carbons (Fsp3) is 0.333. The molecule has 0 aliphatic carbocycles. The summed E-state index contributed by atoms with van der Waals surface area (Å²) in [5.74, 6) is 0. The molecule has 2 aromatic heterocycles. The lowest BCUT2D eigenvalue weighted by Crippen LogP contribution is -2.10. The molecular weight excluding hydrogens is 210 g/mol. The maximum absolute atomic E-state index is 4.29. The largest absolute Gasteiger partial charge is 0.352 e. The van der Waals surface area contributed by atoms with Crippen LogP contribution in [0.3, 0.4) is 0 Å². The van der Waals surface area contributed by atoms with Crippen molar-refractivity contribution in [3.63, 3.8) is 0 Å². The number of hydrogen-bond acceptors (Lipinski definition) is 6. The summed E-state index contributed by atoms with van der Waals surface area (Å²) in [4.78, 5) is 8.48. The van der Waals surface area contributed by atoms with Gasteiger partial charge in [0.15, 0.2) is 0 Å². The molecule has 0 saturated carbocycles. The van der Waals surface area contributed by atoms with E-state index >= 15 is 0 Å². The molecule has 0 saturated heterocycles. The number of rotatable bonds is 3. The van der Waals surface area contributed by atoms with Gasteiger partial charge in [-0.3, -0.25) is 9.97 Å². The molecule has 15 heavy (non-hydrogen) atoms. The zero-order chi connectivity index (χ0) is 10.7. The first-order valence-corrected chi connectivity index (χ1v) is 5.45. The maximum atomic E-state index is 4.29. The van der Waals surface area contributed by atoms with Crippen molar-refractivity contribution in [2.75, 3.05) is 5.32 Å². The zero-order valence-corrected chi connectivity index (χ0v) is 9.32. The summed E-state index contributed by atoms with van der Waals surface area (Å²) in [6, 6.07) is 0.0895. The van der Waals surface area contributed by atoms with E-state index in [0.29, 0.717) is 0 Å². The minimum atomic E-state index is 0.0895. The third-order valence-electron chi connectivity index (χ3n) is 2.03. The first kappa shape index (κ1) is 9.97. The van der Waals surface area contributed by atoms with Gasteiger partial charge in [-0.05, 0) is 13.8 Å². The van der Waals surface area contributed by atoms with Crippen molar-refractivity contribution in [2.24, 2.45) is 0 Å². The fourth-order valence-corrected chi connectivity index (χ4v) is 1.87. The molecular formula is C9H11N5S. The van der Waals surface area contributed by atoms with Gasteiger partial charge >= 0.3 is 0 Å². The minimum Gasteiger partial charge on any atom is -0.352 e. The molecule has 1 unspecified atom stereocenters. The van der Waals surface area contributed by atoms with E-state index in [0.717, 1.165) is 16.5 Å². The topological polar surface area (TPSA) is 63.6 Å². The summed E-state index contributed by atoms with van der Waals surface area (Å²) < 4.78 is 0. The molecule has 0 bridgehead atoms. The van der Waals surface area contributed by atoms with Gasteiger partial charge in [0, 0.05) is 12.4 Å². The predicted octanol–water partition coefficient (Wildman–Crippen LogP) is 1.81. The molecule has 1 N–H and O–H groups in total. The van der Waals surface area contributed by atoms with Crippen LogP contribution in [0.5, 0.6) is 0 Å². The van der Waals surface area contributed by atoms with Crippen molar-refractivity contribution in [3.8, 4) is 0 Å². The molecule has 2 rings (SSSR count). The Bertz CT molecular complexity index is 428. The van der Waals surface area contributed by atoms with E-state index in [-0.39, 0.29) is 6.04 Å². The lowest BCUT2D eigenvalue weighted by molar-refractivity contribution is 0.805. The summed E-state index contributed by atoms with van der Waals surface area (Å²) >= 11 is 1.47. The molecule has 5 nitrogen and oxygen atoms in total. The molecule has 0 spiro atoms. The minimum absolute atomic E-state index is 0.0895. The highest BCUT2D eigenvalue weighted by atomic mass is 32.1. The quantitative estimate of drug-likeness (QED) is 0.856. The average molecular weight is 221 g/mol. The fourth-order valence-electron chi connectivity index (χ4n) is 1.33. The van der Waals surface area contributed by atoms with Gasteiger partial charge in [0.25, 0.3) is 0 Å². The molecule has 1 atom stereocenters. The Morgan fingerprint density at radius 2 is 2.13 bits per heavy atom. The Kier molecular flexibility index (Phi) is 2.86. The molecule has 0 aliphatic heterocycles. The van der Waals surface area contributed by atoms with Gasteiger partial charge in [-0.1, -0.05) is 11.3 Å². The number of hydrogen-bond donors (Lipinski definition) is 1. The molecule has 0 aliphatic rings. The van der Waals surface area contributed by atoms with Crippen molar-refractivity contribution in [1.82, 2.24) is 20.2 Å². The number of aromatic nitrogens is 4. The van der Waals surface area contributed by atoms with Gasteiger partial charge in [0.1, 0.15) is 5.51 Å². The van der Waals surface area contributed by atoms with Crippen LogP contribution < -0.4 is 5.32 Å². The zero-order valence-electron chi connectivity index (χ0n) is 8.51. The second-order valence-electron chi connectivity index (χ2n) is 3.14. The Morgan fingerprint density at radius 1 is 1.33 bits per heavy atom. The van der Waals surface area contributed by atoms with E-state index < -0.39 is 0 Å². The monoisotopic (exact) mass is 221 g/mol. The Hall–Kier alpha value is -1.56. The van der Waals surface area contributed by atoms with Crippen molar-refractivity contribution in [2.45, 2.75) is 19.9 Å². The van der Waals surface area contributed by atoms with Gasteiger partial charge in [-0.15, -0.1) is 10.2 Å². The van der Waals surface area contributed by atoms with Crippen molar-refractivity contribution >= 4 is 16.5 Å². The smallest absolute Gasteiger partial charge is 0.205 e. The second kappa shape index (κ2) is 4.31. The van der Waals surface area contributed by atoms with Crippen LogP contribution in [-0.2, 0) is 0 Å². The van der Waals surface area contributed by atoms with E-state index in [2.05, 4.69) is 25.5 Å². The Morgan fingerprint density at radius 3 is 2.80 bits per heavy atom. The van der Waals surface area contributed by atoms with Crippen LogP contribution in [0.1, 0.15) is 24.4 Å². The van der Waals surface area contributed by atoms with E-state index in [9.17, 15) is 0 Å². The van der Waals surface area contributed by atoms with Crippen LogP contribution in [-0.4, -0.2) is 20.2 Å². The lowest BCUT2D eigenvalue weighted by atomic mass is 10.2. The van der Waals surface area contributed by atoms with E-state index in [4.69, 9.17) is 0 Å². The van der Waals surface area contributed by atoms with Crippen LogP contribution in [0.4, 0.5) is 5.13 Å². The lowest BCUT2D eigenvalue weighted by Gasteiger charge is -2.12. The van der Waals surface area contributed by atoms with Crippen LogP contribution in [0.2, 0.25) is 0 Å². The Balaban J connectivity index is 2.15. The maximum Gasteiger partial charge on any atom is 0.205 e. The summed E-state index contributed by atoms with van der Waals surface area (Å²) in [7, 11) is 0. The van der Waals surface area contributed by atoms with E-state index in [1.807, 2.05) is 13.8 Å². The van der Waals surface area contributed by atoms with Gasteiger partial charge in [-0.25, -0.2) is 0 Å². The van der Waals surface area contributed by atoms with Crippen LogP contribution in [0.15, 0.2) is 17.9 Å². The highest BCUT2D eigenvalue weighted by Crippen LogP contribution is 2.19. The highest BCUT2D eigenvalue weighted by Gasteiger charge is 2.11. The molecule has 2 aromatic rings. The number of aryl methyl sites for hydroxylation is 1. The normalized spacial score (nSPS) is 12.4. The first-order chi connectivity index (χ1) is 7.27. The molecule has 2 heterocycles. The average Bonchev–Trinajstić information content (AvgIpc) is 2.71. The second-order valence-corrected chi connectivity index (χ2v) is 3.97. The van der Waals surface area contributed by atoms with Crippen LogP contribution in [0.25, 0.3) is 0 Å². The van der Waals surface area contributed by atoms with Gasteiger partial charge < -0.3 is 5.32 Å². The van der Waals surface area contributed by atoms with Crippen LogP contribution >= 0.6 is 11.3 Å². The summed E-state index contributed by atoms with van der Waals surface area (Å²) in [6.45, 7) is 3.97. The highest BCUT2D eigenvalue weighted by molar-refractivity contribution is 7.13. The summed E-state index contributed by atoms with van der Waals surface area (Å²) in [5.41, 5.74) is 3.56. The van der Waals surface area contributed by atoms with Crippen molar-refractivity contribution in [3.05, 3.63) is 29.3 Å². The van der Waals surface area contributed by atoms with E-state index in [1.54, 1.807) is 17.9 Å². The molecule has 6 heteroatoms. The predicted molar refractivity (Wildman–Crippen MR) is 58.7 cm³/mol. The molecule has 0 fully saturated rings. The summed E-state index contributed by atoms with van der Waals surface area (Å²) in [6.07, 6.45) is 3.39. The van der Waals surface area contributed by atoms with E-state index in [1.165, 1.54) is 11.3 Å². The van der Waals surface area contributed by atoms with Crippen molar-refractivity contribution < 1.29 is 0 Å². The van der Waals surface area contributed by atoms with Crippen LogP contribution in [0, 0.1) is 6.92 Å². The van der Waals surface area contributed by atoms with Gasteiger partial charge in [0.2, 0.25) is 5.13 Å². The SMILES string of the molecule is Cc1nccnc1C(C)Nc1nncs1. The molecule has 0 amide bonds. The summed E-state index contributed by atoms with van der Waals surface area (Å²) in [5, 5.41) is 11.7. The van der Waals surface area contributed by atoms with Crippen molar-refractivity contribution in [1.29, 1.82) is 0 Å². The Labute approximate surface area is 91.6 Å². The van der Waals surface area contributed by atoms with Gasteiger partial charge in [-0.2, -0.15) is 0 Å². The standard InChI is InChI=1S/C9H11N5S/c1-6-8(11-4-3-10-6)7(2)13-9-14-12-5-15-9/h3-5,7H,1-2H3,(H,13,14).